The number of anilines is 1. The number of ether oxygens (including phenoxy) is 1. The molecule has 4 rings (SSSR count). The summed E-state index contributed by atoms with van der Waals surface area (Å²) >= 11 is 0. The van der Waals surface area contributed by atoms with Crippen LogP contribution in [0.5, 0.6) is 5.75 Å². The molecule has 29 heavy (non-hydrogen) atoms. The summed E-state index contributed by atoms with van der Waals surface area (Å²) in [6.45, 7) is 2.47. The van der Waals surface area contributed by atoms with Gasteiger partial charge in [0.05, 0.1) is 5.69 Å². The molecule has 0 atom stereocenters. The molecule has 0 fully saturated rings. The number of hydrogen-bond donors (Lipinski definition) is 2. The molecule has 0 saturated heterocycles. The van der Waals surface area contributed by atoms with Gasteiger partial charge in [-0.25, -0.2) is 0 Å². The summed E-state index contributed by atoms with van der Waals surface area (Å²) < 4.78 is 5.99. The van der Waals surface area contributed by atoms with Gasteiger partial charge in [-0.2, -0.15) is 0 Å². The van der Waals surface area contributed by atoms with Gasteiger partial charge in [-0.15, -0.1) is 0 Å². The molecular weight excluding hydrogens is 360 g/mol. The number of aromatic nitrogens is 1. The van der Waals surface area contributed by atoms with Gasteiger partial charge in [-0.05, 0) is 48.2 Å². The average Bonchev–Trinajstić information content (AvgIpc) is 3.16. The van der Waals surface area contributed by atoms with E-state index in [2.05, 4.69) is 16.4 Å². The Hall–Kier alpha value is -3.53. The van der Waals surface area contributed by atoms with Crippen LogP contribution >= 0.6 is 0 Å². The summed E-state index contributed by atoms with van der Waals surface area (Å²) in [6, 6.07) is 24.0. The Morgan fingerprint density at radius 1 is 1.00 bits per heavy atom. The van der Waals surface area contributed by atoms with Crippen molar-refractivity contribution in [2.75, 3.05) is 5.32 Å². The largest absolute Gasteiger partial charge is 0.487 e. The third kappa shape index (κ3) is 4.66. The van der Waals surface area contributed by atoms with E-state index in [-0.39, 0.29) is 5.91 Å². The first-order valence-electron chi connectivity index (χ1n) is 9.81. The molecule has 1 heterocycles. The molecule has 4 aromatic rings. The zero-order chi connectivity index (χ0) is 20.1. The second kappa shape index (κ2) is 8.65. The number of aryl methyl sites for hydroxylation is 2. The van der Waals surface area contributed by atoms with Crippen LogP contribution in [0.25, 0.3) is 10.9 Å². The topological polar surface area (TPSA) is 54.1 Å². The van der Waals surface area contributed by atoms with Crippen molar-refractivity contribution in [2.45, 2.75) is 26.4 Å². The number of amides is 1. The molecule has 0 aliphatic rings. The molecule has 4 nitrogen and oxygen atoms in total. The minimum atomic E-state index is -0.0244. The van der Waals surface area contributed by atoms with Gasteiger partial charge in [0.2, 0.25) is 5.91 Å². The minimum absolute atomic E-state index is 0.0244. The van der Waals surface area contributed by atoms with Crippen LogP contribution in [0.1, 0.15) is 23.1 Å². The fourth-order valence-electron chi connectivity index (χ4n) is 3.39. The summed E-state index contributed by atoms with van der Waals surface area (Å²) in [5, 5.41) is 4.18. The number of fused-ring (bicyclic) bond motifs is 1. The second-order valence-electron chi connectivity index (χ2n) is 7.18. The maximum Gasteiger partial charge on any atom is 0.224 e. The zero-order valence-electron chi connectivity index (χ0n) is 16.4. The molecule has 0 saturated carbocycles. The van der Waals surface area contributed by atoms with Crippen LogP contribution in [0.3, 0.4) is 0 Å². The van der Waals surface area contributed by atoms with E-state index in [9.17, 15) is 4.79 Å². The number of H-pyrrole nitrogens is 1. The lowest BCUT2D eigenvalue weighted by atomic mass is 10.1. The molecule has 0 radical (unpaired) electrons. The number of carbonyl (C=O) groups excluding carboxylic acids is 1. The van der Waals surface area contributed by atoms with Gasteiger partial charge in [0, 0.05) is 23.5 Å². The Bertz CT molecular complexity index is 1120. The number of hydrogen-bond acceptors (Lipinski definition) is 2. The van der Waals surface area contributed by atoms with Gasteiger partial charge in [0.25, 0.3) is 0 Å². The molecule has 3 aromatic carbocycles. The number of carbonyl (C=O) groups is 1. The first kappa shape index (κ1) is 18.8. The quantitative estimate of drug-likeness (QED) is 0.434. The van der Waals surface area contributed by atoms with Crippen LogP contribution in [-0.2, 0) is 17.8 Å². The van der Waals surface area contributed by atoms with Crippen molar-refractivity contribution in [2.24, 2.45) is 0 Å². The number of para-hydroxylation sites is 1. The molecule has 1 amide bonds. The van der Waals surface area contributed by atoms with Crippen molar-refractivity contribution < 1.29 is 9.53 Å². The Morgan fingerprint density at radius 2 is 1.79 bits per heavy atom. The first-order valence-corrected chi connectivity index (χ1v) is 9.81. The molecule has 0 aliphatic heterocycles. The van der Waals surface area contributed by atoms with Crippen LogP contribution in [0.15, 0.2) is 79.0 Å². The smallest absolute Gasteiger partial charge is 0.224 e. The lowest BCUT2D eigenvalue weighted by Crippen LogP contribution is -2.13. The highest BCUT2D eigenvalue weighted by atomic mass is 16.5. The monoisotopic (exact) mass is 384 g/mol. The number of nitrogens with one attached hydrogen (secondary N) is 2. The van der Waals surface area contributed by atoms with Crippen LogP contribution in [0.4, 0.5) is 5.69 Å². The predicted octanol–water partition coefficient (Wildman–Crippen LogP) is 5.63. The van der Waals surface area contributed by atoms with Crippen molar-refractivity contribution in [1.82, 2.24) is 4.98 Å². The average molecular weight is 384 g/mol. The second-order valence-corrected chi connectivity index (χ2v) is 7.18. The summed E-state index contributed by atoms with van der Waals surface area (Å²) in [5.41, 5.74) is 5.13. The van der Waals surface area contributed by atoms with Crippen LogP contribution in [-0.4, -0.2) is 10.9 Å². The van der Waals surface area contributed by atoms with E-state index in [0.29, 0.717) is 30.9 Å². The minimum Gasteiger partial charge on any atom is -0.487 e. The highest BCUT2D eigenvalue weighted by Gasteiger charge is 2.11. The molecule has 0 bridgehead atoms. The highest BCUT2D eigenvalue weighted by molar-refractivity contribution is 5.93. The van der Waals surface area contributed by atoms with Crippen molar-refractivity contribution in [3.8, 4) is 5.75 Å². The standard InChI is InChI=1S/C25H24N2O2/c1-18-11-13-23(24(15-18)29-17-19-7-3-2-4-8-19)27-25(28)14-12-20-16-26-22-10-6-5-9-21(20)22/h2-11,13,15-16,26H,12,14,17H2,1H3,(H,27,28). The van der Waals surface area contributed by atoms with E-state index in [1.54, 1.807) is 0 Å². The zero-order valence-corrected chi connectivity index (χ0v) is 16.4. The van der Waals surface area contributed by atoms with E-state index >= 15 is 0 Å². The fourth-order valence-corrected chi connectivity index (χ4v) is 3.39. The molecule has 0 unspecified atom stereocenters. The summed E-state index contributed by atoms with van der Waals surface area (Å²) in [4.78, 5) is 15.8. The van der Waals surface area contributed by atoms with Crippen molar-refractivity contribution in [3.63, 3.8) is 0 Å². The Morgan fingerprint density at radius 3 is 2.66 bits per heavy atom. The Kier molecular flexibility index (Phi) is 5.61. The molecule has 2 N–H and O–H groups in total. The normalized spacial score (nSPS) is 10.8. The lowest BCUT2D eigenvalue weighted by Gasteiger charge is -2.13. The Balaban J connectivity index is 1.41. The van der Waals surface area contributed by atoms with Gasteiger partial charge in [-0.1, -0.05) is 54.6 Å². The van der Waals surface area contributed by atoms with E-state index in [1.807, 2.05) is 79.9 Å². The molecule has 0 aliphatic carbocycles. The van der Waals surface area contributed by atoms with Crippen molar-refractivity contribution in [3.05, 3.63) is 95.7 Å². The first-order chi connectivity index (χ1) is 14.2. The lowest BCUT2D eigenvalue weighted by molar-refractivity contribution is -0.116. The molecule has 4 heteroatoms. The summed E-state index contributed by atoms with van der Waals surface area (Å²) in [5.74, 6) is 0.665. The predicted molar refractivity (Wildman–Crippen MR) is 117 cm³/mol. The fraction of sp³-hybridized carbons (Fsp3) is 0.160. The third-order valence-corrected chi connectivity index (χ3v) is 4.94. The van der Waals surface area contributed by atoms with Crippen LogP contribution in [0, 0.1) is 6.92 Å². The van der Waals surface area contributed by atoms with E-state index in [1.165, 1.54) is 5.39 Å². The van der Waals surface area contributed by atoms with E-state index in [0.717, 1.165) is 22.2 Å². The van der Waals surface area contributed by atoms with Gasteiger partial charge in [0.15, 0.2) is 0 Å². The Labute approximate surface area is 170 Å². The molecule has 146 valence electrons. The maximum atomic E-state index is 12.6. The van der Waals surface area contributed by atoms with Crippen LogP contribution in [0.2, 0.25) is 0 Å². The number of aromatic amines is 1. The van der Waals surface area contributed by atoms with E-state index in [4.69, 9.17) is 4.74 Å². The number of benzene rings is 3. The SMILES string of the molecule is Cc1ccc(NC(=O)CCc2c[nH]c3ccccc23)c(OCc2ccccc2)c1. The number of rotatable bonds is 7. The van der Waals surface area contributed by atoms with Gasteiger partial charge >= 0.3 is 0 Å². The molecule has 0 spiro atoms. The third-order valence-electron chi connectivity index (χ3n) is 4.94. The molecule has 1 aromatic heterocycles. The van der Waals surface area contributed by atoms with E-state index < -0.39 is 0 Å². The highest BCUT2D eigenvalue weighted by Crippen LogP contribution is 2.27. The van der Waals surface area contributed by atoms with Crippen molar-refractivity contribution in [1.29, 1.82) is 0 Å². The summed E-state index contributed by atoms with van der Waals surface area (Å²) in [6.07, 6.45) is 3.08. The van der Waals surface area contributed by atoms with Gasteiger partial charge in [0.1, 0.15) is 12.4 Å². The molecular formula is C25H24N2O2. The van der Waals surface area contributed by atoms with Crippen LogP contribution < -0.4 is 10.1 Å². The van der Waals surface area contributed by atoms with Crippen molar-refractivity contribution >= 4 is 22.5 Å². The van der Waals surface area contributed by atoms with Gasteiger partial charge in [-0.3, -0.25) is 4.79 Å². The summed E-state index contributed by atoms with van der Waals surface area (Å²) in [7, 11) is 0. The van der Waals surface area contributed by atoms with Gasteiger partial charge < -0.3 is 15.0 Å². The maximum absolute atomic E-state index is 12.6.